The number of pyridine rings is 1. The molecule has 11 nitrogen and oxygen atoms in total. The van der Waals surface area contributed by atoms with Crippen LogP contribution in [-0.4, -0.2) is 81.1 Å². The molecule has 0 aromatic carbocycles. The highest BCUT2D eigenvalue weighted by atomic mass is 35.5. The van der Waals surface area contributed by atoms with Gasteiger partial charge < -0.3 is 9.42 Å². The molecule has 1 aliphatic rings. The number of aryl methyl sites for hydroxylation is 1. The van der Waals surface area contributed by atoms with Crippen molar-refractivity contribution < 1.29 is 26.2 Å². The Labute approximate surface area is 179 Å². The molecule has 0 N–H and O–H groups in total. The molecule has 0 spiro atoms. The zero-order valence-electron chi connectivity index (χ0n) is 16.2. The summed E-state index contributed by atoms with van der Waals surface area (Å²) in [6.45, 7) is 1.65. The lowest BCUT2D eigenvalue weighted by Gasteiger charge is -2.34. The second-order valence-electron chi connectivity index (χ2n) is 6.67. The van der Waals surface area contributed by atoms with Crippen molar-refractivity contribution in [3.8, 4) is 0 Å². The predicted molar refractivity (Wildman–Crippen MR) is 108 cm³/mol. The van der Waals surface area contributed by atoms with Gasteiger partial charge in [0.25, 0.3) is 10.0 Å². The van der Waals surface area contributed by atoms with Crippen LogP contribution in [0.5, 0.6) is 0 Å². The Morgan fingerprint density at radius 3 is 2.37 bits per heavy atom. The number of amides is 1. The van der Waals surface area contributed by atoms with Crippen molar-refractivity contribution in [3.05, 3.63) is 35.3 Å². The predicted octanol–water partition coefficient (Wildman–Crippen LogP) is 0.331. The maximum atomic E-state index is 13.2. The lowest BCUT2D eigenvalue weighted by molar-refractivity contribution is -0.130. The standard InChI is InChI=1S/C16H20ClN5O6S2/c1-12-9-15(19-28-12)22(30(26,27)13-3-4-14(17)18-10-13)11-16(23)20-5-7-21(8-6-20)29(2,24)25/h3-4,9-10H,5-8,11H2,1-2H3. The van der Waals surface area contributed by atoms with E-state index < -0.39 is 32.5 Å². The molecule has 2 aromatic heterocycles. The number of hydrogen-bond acceptors (Lipinski definition) is 8. The fraction of sp³-hybridized carbons (Fsp3) is 0.438. The molecule has 164 valence electrons. The van der Waals surface area contributed by atoms with Crippen molar-refractivity contribution in [2.75, 3.05) is 43.3 Å². The molecule has 1 fully saturated rings. The van der Waals surface area contributed by atoms with E-state index in [-0.39, 0.29) is 42.0 Å². The minimum Gasteiger partial charge on any atom is -0.360 e. The Bertz CT molecular complexity index is 1130. The summed E-state index contributed by atoms with van der Waals surface area (Å²) in [6, 6.07) is 4.00. The van der Waals surface area contributed by atoms with Gasteiger partial charge in [0, 0.05) is 38.4 Å². The molecule has 0 saturated carbocycles. The van der Waals surface area contributed by atoms with Crippen molar-refractivity contribution in [2.24, 2.45) is 0 Å². The van der Waals surface area contributed by atoms with Gasteiger partial charge in [-0.25, -0.2) is 26.1 Å². The number of piperazine rings is 1. The lowest BCUT2D eigenvalue weighted by atomic mass is 10.3. The molecular weight excluding hydrogens is 458 g/mol. The lowest BCUT2D eigenvalue weighted by Crippen LogP contribution is -2.53. The smallest absolute Gasteiger partial charge is 0.267 e. The first kappa shape index (κ1) is 22.5. The van der Waals surface area contributed by atoms with E-state index >= 15 is 0 Å². The van der Waals surface area contributed by atoms with Crippen LogP contribution < -0.4 is 4.31 Å². The Kier molecular flexibility index (Phi) is 6.36. The van der Waals surface area contributed by atoms with E-state index in [0.717, 1.165) is 16.8 Å². The van der Waals surface area contributed by atoms with E-state index in [1.54, 1.807) is 6.92 Å². The Hall–Kier alpha value is -2.22. The zero-order valence-corrected chi connectivity index (χ0v) is 18.6. The van der Waals surface area contributed by atoms with Gasteiger partial charge >= 0.3 is 0 Å². The molecule has 1 aliphatic heterocycles. The molecule has 0 aliphatic carbocycles. The zero-order chi connectivity index (χ0) is 22.1. The van der Waals surface area contributed by atoms with Crippen LogP contribution in [0.3, 0.4) is 0 Å². The van der Waals surface area contributed by atoms with E-state index in [0.29, 0.717) is 5.76 Å². The van der Waals surface area contributed by atoms with Crippen molar-refractivity contribution in [1.82, 2.24) is 19.3 Å². The van der Waals surface area contributed by atoms with Crippen LogP contribution >= 0.6 is 11.6 Å². The van der Waals surface area contributed by atoms with E-state index in [9.17, 15) is 21.6 Å². The van der Waals surface area contributed by atoms with Gasteiger partial charge in [-0.2, -0.15) is 4.31 Å². The van der Waals surface area contributed by atoms with Gasteiger partial charge in [-0.15, -0.1) is 0 Å². The fourth-order valence-corrected chi connectivity index (χ4v) is 5.13. The minimum atomic E-state index is -4.19. The van der Waals surface area contributed by atoms with Crippen molar-refractivity contribution in [1.29, 1.82) is 0 Å². The van der Waals surface area contributed by atoms with Gasteiger partial charge in [0.05, 0.1) is 6.26 Å². The van der Waals surface area contributed by atoms with Gasteiger partial charge in [-0.05, 0) is 19.1 Å². The van der Waals surface area contributed by atoms with E-state index in [4.69, 9.17) is 16.1 Å². The summed E-state index contributed by atoms with van der Waals surface area (Å²) in [6.07, 6.45) is 2.19. The summed E-state index contributed by atoms with van der Waals surface area (Å²) in [5, 5.41) is 3.86. The van der Waals surface area contributed by atoms with Gasteiger partial charge in [-0.1, -0.05) is 16.8 Å². The van der Waals surface area contributed by atoms with Gasteiger partial charge in [0.2, 0.25) is 15.9 Å². The highest BCUT2D eigenvalue weighted by Gasteiger charge is 2.33. The number of aromatic nitrogens is 2. The summed E-state index contributed by atoms with van der Waals surface area (Å²) in [4.78, 5) is 17.9. The summed E-state index contributed by atoms with van der Waals surface area (Å²) in [5.41, 5.74) is 0. The molecule has 0 bridgehead atoms. The number of halogens is 1. The quantitative estimate of drug-likeness (QED) is 0.543. The molecule has 14 heteroatoms. The molecular formula is C16H20ClN5O6S2. The molecule has 2 aromatic rings. The Balaban J connectivity index is 1.84. The monoisotopic (exact) mass is 477 g/mol. The molecule has 3 rings (SSSR count). The van der Waals surface area contributed by atoms with Gasteiger partial charge in [0.15, 0.2) is 5.82 Å². The molecule has 0 radical (unpaired) electrons. The van der Waals surface area contributed by atoms with Gasteiger partial charge in [-0.3, -0.25) is 4.79 Å². The maximum Gasteiger partial charge on any atom is 0.267 e. The second kappa shape index (κ2) is 8.49. The molecule has 30 heavy (non-hydrogen) atoms. The third-order valence-electron chi connectivity index (χ3n) is 4.50. The first-order valence-electron chi connectivity index (χ1n) is 8.79. The summed E-state index contributed by atoms with van der Waals surface area (Å²) in [5.74, 6) is -0.173. The summed E-state index contributed by atoms with van der Waals surface area (Å²) < 4.78 is 56.7. The van der Waals surface area contributed by atoms with Crippen LogP contribution in [0.4, 0.5) is 5.82 Å². The molecule has 0 unspecified atom stereocenters. The molecule has 3 heterocycles. The average molecular weight is 478 g/mol. The Morgan fingerprint density at radius 2 is 1.87 bits per heavy atom. The summed E-state index contributed by atoms with van der Waals surface area (Å²) >= 11 is 5.74. The second-order valence-corrected chi connectivity index (χ2v) is 10.9. The highest BCUT2D eigenvalue weighted by molar-refractivity contribution is 7.92. The summed E-state index contributed by atoms with van der Waals surface area (Å²) in [7, 11) is -7.54. The Morgan fingerprint density at radius 1 is 1.20 bits per heavy atom. The first-order valence-corrected chi connectivity index (χ1v) is 12.5. The normalized spacial score (nSPS) is 15.9. The molecule has 1 saturated heterocycles. The number of sulfonamides is 2. The third-order valence-corrected chi connectivity index (χ3v) is 7.76. The molecule has 0 atom stereocenters. The highest BCUT2D eigenvalue weighted by Crippen LogP contribution is 2.24. The fourth-order valence-electron chi connectivity index (χ4n) is 2.89. The first-order chi connectivity index (χ1) is 14.0. The van der Waals surface area contributed by atoms with E-state index in [1.807, 2.05) is 0 Å². The number of nitrogens with zero attached hydrogens (tertiary/aromatic N) is 5. The van der Waals surface area contributed by atoms with E-state index in [1.165, 1.54) is 27.4 Å². The number of anilines is 1. The SMILES string of the molecule is Cc1cc(N(CC(=O)N2CCN(S(C)(=O)=O)CC2)S(=O)(=O)c2ccc(Cl)nc2)no1. The van der Waals surface area contributed by atoms with Crippen LogP contribution in [0, 0.1) is 6.92 Å². The van der Waals surface area contributed by atoms with Crippen LogP contribution in [0.1, 0.15) is 5.76 Å². The van der Waals surface area contributed by atoms with Crippen molar-refractivity contribution in [3.63, 3.8) is 0 Å². The van der Waals surface area contributed by atoms with Crippen molar-refractivity contribution in [2.45, 2.75) is 11.8 Å². The minimum absolute atomic E-state index is 0.0504. The topological polar surface area (TPSA) is 134 Å². The molecule has 1 amide bonds. The van der Waals surface area contributed by atoms with Gasteiger partial charge in [0.1, 0.15) is 22.4 Å². The third kappa shape index (κ3) is 4.91. The van der Waals surface area contributed by atoms with Crippen LogP contribution in [0.25, 0.3) is 0 Å². The largest absolute Gasteiger partial charge is 0.360 e. The number of rotatable bonds is 6. The number of hydrogen-bond donors (Lipinski definition) is 0. The van der Waals surface area contributed by atoms with Crippen LogP contribution in [0.15, 0.2) is 33.8 Å². The maximum absolute atomic E-state index is 13.2. The number of carbonyl (C=O) groups is 1. The average Bonchev–Trinajstić information content (AvgIpc) is 3.11. The number of carbonyl (C=O) groups excluding carboxylic acids is 1. The van der Waals surface area contributed by atoms with E-state index in [2.05, 4.69) is 10.1 Å². The van der Waals surface area contributed by atoms with Crippen LogP contribution in [0.2, 0.25) is 5.15 Å². The van der Waals surface area contributed by atoms with Crippen LogP contribution in [-0.2, 0) is 24.8 Å². The van der Waals surface area contributed by atoms with Crippen molar-refractivity contribution >= 4 is 43.4 Å².